The van der Waals surface area contributed by atoms with Crippen molar-refractivity contribution in [3.05, 3.63) is 105 Å². The molecule has 0 aromatic heterocycles. The number of ether oxygens (including phenoxy) is 2. The first-order valence-electron chi connectivity index (χ1n) is 10.2. The maximum absolute atomic E-state index is 11.0. The van der Waals surface area contributed by atoms with Crippen molar-refractivity contribution in [2.24, 2.45) is 0 Å². The molecule has 0 aliphatic rings. The zero-order valence-electron chi connectivity index (χ0n) is 17.8. The summed E-state index contributed by atoms with van der Waals surface area (Å²) in [5.41, 5.74) is 3.64. The molecule has 3 aromatic rings. The van der Waals surface area contributed by atoms with E-state index in [1.807, 2.05) is 49.4 Å². The highest BCUT2D eigenvalue weighted by atomic mass is 35.5. The van der Waals surface area contributed by atoms with Gasteiger partial charge in [0.25, 0.3) is 5.69 Å². The van der Waals surface area contributed by atoms with Gasteiger partial charge in [0.1, 0.15) is 6.61 Å². The van der Waals surface area contributed by atoms with Crippen molar-refractivity contribution >= 4 is 23.0 Å². The highest BCUT2D eigenvalue weighted by Gasteiger charge is 2.14. The Balaban J connectivity index is 1.82. The van der Waals surface area contributed by atoms with Gasteiger partial charge >= 0.3 is 0 Å². The Hall–Kier alpha value is -3.51. The molecule has 0 saturated heterocycles. The molecule has 0 fully saturated rings. The van der Waals surface area contributed by atoms with Gasteiger partial charge in [-0.05, 0) is 54.8 Å². The van der Waals surface area contributed by atoms with Crippen molar-refractivity contribution in [3.8, 4) is 11.5 Å². The average Bonchev–Trinajstić information content (AvgIpc) is 2.79. The van der Waals surface area contributed by atoms with Crippen LogP contribution in [0.5, 0.6) is 11.5 Å². The summed E-state index contributed by atoms with van der Waals surface area (Å²) < 4.78 is 12.0. The van der Waals surface area contributed by atoms with E-state index in [-0.39, 0.29) is 5.69 Å². The maximum Gasteiger partial charge on any atom is 0.271 e. The minimum Gasteiger partial charge on any atom is -0.490 e. The molecule has 32 heavy (non-hydrogen) atoms. The number of hydrogen-bond donors (Lipinski definition) is 1. The molecule has 0 aliphatic carbocycles. The van der Waals surface area contributed by atoms with Crippen molar-refractivity contribution in [1.82, 2.24) is 0 Å². The lowest BCUT2D eigenvalue weighted by molar-refractivity contribution is -0.384. The molecule has 0 unspecified atom stereocenters. The zero-order valence-corrected chi connectivity index (χ0v) is 18.6. The second kappa shape index (κ2) is 11.2. The Morgan fingerprint density at radius 2 is 1.88 bits per heavy atom. The Labute approximate surface area is 192 Å². The molecule has 1 N–H and O–H groups in total. The van der Waals surface area contributed by atoms with Gasteiger partial charge in [0, 0.05) is 35.0 Å². The van der Waals surface area contributed by atoms with Gasteiger partial charge in [-0.25, -0.2) is 0 Å². The van der Waals surface area contributed by atoms with Crippen LogP contribution in [0.15, 0.2) is 73.3 Å². The van der Waals surface area contributed by atoms with Crippen LogP contribution in [0.3, 0.4) is 0 Å². The minimum atomic E-state index is -0.409. The third-order valence-corrected chi connectivity index (χ3v) is 4.96. The first-order chi connectivity index (χ1) is 15.5. The Bertz CT molecular complexity index is 1080. The summed E-state index contributed by atoms with van der Waals surface area (Å²) >= 11 is 5.97. The summed E-state index contributed by atoms with van der Waals surface area (Å²) in [5.74, 6) is 1.33. The summed E-state index contributed by atoms with van der Waals surface area (Å²) in [5, 5.41) is 14.9. The summed E-state index contributed by atoms with van der Waals surface area (Å²) in [7, 11) is 0. The summed E-state index contributed by atoms with van der Waals surface area (Å²) in [6, 6.07) is 17.9. The van der Waals surface area contributed by atoms with Crippen molar-refractivity contribution in [3.63, 3.8) is 0 Å². The molecule has 0 spiro atoms. The van der Waals surface area contributed by atoms with Crippen LogP contribution < -0.4 is 14.8 Å². The average molecular weight is 453 g/mol. The van der Waals surface area contributed by atoms with E-state index >= 15 is 0 Å². The number of nitrogens with one attached hydrogen (secondary N) is 1. The van der Waals surface area contributed by atoms with Crippen LogP contribution in [0.1, 0.15) is 23.6 Å². The molecule has 166 valence electrons. The van der Waals surface area contributed by atoms with E-state index in [4.69, 9.17) is 21.1 Å². The molecule has 7 heteroatoms. The zero-order chi connectivity index (χ0) is 22.9. The number of hydrogen-bond acceptors (Lipinski definition) is 5. The van der Waals surface area contributed by atoms with Crippen LogP contribution in [-0.4, -0.2) is 11.5 Å². The highest BCUT2D eigenvalue weighted by molar-refractivity contribution is 6.30. The van der Waals surface area contributed by atoms with Crippen LogP contribution in [0.2, 0.25) is 5.02 Å². The van der Waals surface area contributed by atoms with Crippen LogP contribution in [0.4, 0.5) is 11.4 Å². The largest absolute Gasteiger partial charge is 0.490 e. The van der Waals surface area contributed by atoms with Gasteiger partial charge in [-0.2, -0.15) is 0 Å². The quantitative estimate of drug-likeness (QED) is 0.202. The monoisotopic (exact) mass is 452 g/mol. The molecule has 0 radical (unpaired) electrons. The highest BCUT2D eigenvalue weighted by Crippen LogP contribution is 2.35. The van der Waals surface area contributed by atoms with Gasteiger partial charge in [-0.15, -0.1) is 6.58 Å². The normalized spacial score (nSPS) is 10.4. The number of nitro benzene ring substituents is 1. The first kappa shape index (κ1) is 23.2. The molecule has 3 aromatic carbocycles. The maximum atomic E-state index is 11.0. The summed E-state index contributed by atoms with van der Waals surface area (Å²) in [6.07, 6.45) is 2.43. The third kappa shape index (κ3) is 6.25. The number of benzene rings is 3. The number of rotatable bonds is 11. The lowest BCUT2D eigenvalue weighted by atomic mass is 10.0. The predicted molar refractivity (Wildman–Crippen MR) is 128 cm³/mol. The van der Waals surface area contributed by atoms with E-state index < -0.39 is 4.92 Å². The van der Waals surface area contributed by atoms with Crippen LogP contribution in [-0.2, 0) is 19.6 Å². The van der Waals surface area contributed by atoms with Gasteiger partial charge in [0.05, 0.1) is 11.5 Å². The number of allylic oxidation sites excluding steroid dienone is 1. The number of anilines is 1. The van der Waals surface area contributed by atoms with Crippen LogP contribution in [0.25, 0.3) is 0 Å². The Morgan fingerprint density at radius 1 is 1.09 bits per heavy atom. The SMILES string of the molecule is C=CCc1cc(CNc2cccc([N+](=O)[O-])c2)cc(OCC)c1OCc1ccc(Cl)cc1. The molecule has 0 aliphatic heterocycles. The number of non-ortho nitro benzene ring substituents is 1. The number of nitrogens with zero attached hydrogens (tertiary/aromatic N) is 1. The number of nitro groups is 1. The van der Waals surface area contributed by atoms with Gasteiger partial charge in [0.2, 0.25) is 0 Å². The third-order valence-electron chi connectivity index (χ3n) is 4.71. The van der Waals surface area contributed by atoms with Crippen molar-refractivity contribution < 1.29 is 14.4 Å². The molecule has 0 amide bonds. The van der Waals surface area contributed by atoms with Gasteiger partial charge < -0.3 is 14.8 Å². The van der Waals surface area contributed by atoms with E-state index in [9.17, 15) is 10.1 Å². The van der Waals surface area contributed by atoms with Gasteiger partial charge in [-0.1, -0.05) is 35.9 Å². The molecular weight excluding hydrogens is 428 g/mol. The van der Waals surface area contributed by atoms with Gasteiger partial charge in [-0.3, -0.25) is 10.1 Å². The Morgan fingerprint density at radius 3 is 2.56 bits per heavy atom. The van der Waals surface area contributed by atoms with Crippen LogP contribution in [0, 0.1) is 10.1 Å². The molecule has 0 atom stereocenters. The van der Waals surface area contributed by atoms with Crippen LogP contribution >= 0.6 is 11.6 Å². The Kier molecular flexibility index (Phi) is 8.11. The topological polar surface area (TPSA) is 73.6 Å². The second-order valence-corrected chi connectivity index (χ2v) is 7.52. The van der Waals surface area contributed by atoms with Crippen molar-refractivity contribution in [2.45, 2.75) is 26.5 Å². The van der Waals surface area contributed by atoms with E-state index in [0.29, 0.717) is 48.4 Å². The smallest absolute Gasteiger partial charge is 0.271 e. The fourth-order valence-electron chi connectivity index (χ4n) is 3.23. The first-order valence-corrected chi connectivity index (χ1v) is 10.6. The fraction of sp³-hybridized carbons (Fsp3) is 0.200. The van der Waals surface area contributed by atoms with E-state index in [2.05, 4.69) is 11.9 Å². The second-order valence-electron chi connectivity index (χ2n) is 7.08. The van der Waals surface area contributed by atoms with E-state index in [1.165, 1.54) is 12.1 Å². The van der Waals surface area contributed by atoms with E-state index in [1.54, 1.807) is 12.1 Å². The van der Waals surface area contributed by atoms with Crippen molar-refractivity contribution in [2.75, 3.05) is 11.9 Å². The lowest BCUT2D eigenvalue weighted by Crippen LogP contribution is -2.06. The molecule has 3 rings (SSSR count). The summed E-state index contributed by atoms with van der Waals surface area (Å²) in [4.78, 5) is 10.6. The molecule has 0 heterocycles. The van der Waals surface area contributed by atoms with E-state index in [0.717, 1.165) is 16.7 Å². The molecule has 0 saturated carbocycles. The standard InChI is InChI=1S/C25H25ClN2O4/c1-3-6-20-13-19(16-27-22-7-5-8-23(15-22)28(29)30)14-24(31-4-2)25(20)32-17-18-9-11-21(26)12-10-18/h3,5,7-15,27H,1,4,6,16-17H2,2H3. The lowest BCUT2D eigenvalue weighted by Gasteiger charge is -2.18. The molecule has 6 nitrogen and oxygen atoms in total. The summed E-state index contributed by atoms with van der Waals surface area (Å²) in [6.45, 7) is 7.13. The predicted octanol–water partition coefficient (Wildman–Crippen LogP) is 6.57. The molecule has 0 bridgehead atoms. The van der Waals surface area contributed by atoms with Crippen molar-refractivity contribution in [1.29, 1.82) is 0 Å². The minimum absolute atomic E-state index is 0.0447. The molecular formula is C25H25ClN2O4. The number of halogens is 1. The van der Waals surface area contributed by atoms with Gasteiger partial charge in [0.15, 0.2) is 11.5 Å². The fourth-order valence-corrected chi connectivity index (χ4v) is 3.35.